The average molecular weight is 569 g/mol. The van der Waals surface area contributed by atoms with Crippen LogP contribution in [0.5, 0.6) is 17.2 Å². The number of carbonyl (C=O) groups excluding carboxylic acids is 1. The molecule has 0 radical (unpaired) electrons. The summed E-state index contributed by atoms with van der Waals surface area (Å²) in [7, 11) is 0. The van der Waals surface area contributed by atoms with Gasteiger partial charge in [0, 0.05) is 4.47 Å². The molecule has 0 saturated heterocycles. The minimum atomic E-state index is -0.417. The lowest BCUT2D eigenvalue weighted by molar-refractivity contribution is -0.123. The van der Waals surface area contributed by atoms with E-state index in [2.05, 4.69) is 58.3 Å². The lowest BCUT2D eigenvalue weighted by Crippen LogP contribution is -2.24. The van der Waals surface area contributed by atoms with Crippen LogP contribution in [0.2, 0.25) is 5.02 Å². The molecule has 0 saturated carbocycles. The van der Waals surface area contributed by atoms with Gasteiger partial charge in [-0.05, 0) is 77.6 Å². The van der Waals surface area contributed by atoms with Gasteiger partial charge in [0.25, 0.3) is 5.91 Å². The first-order valence-corrected chi connectivity index (χ1v) is 9.88. The Morgan fingerprint density at radius 2 is 2.00 bits per heavy atom. The van der Waals surface area contributed by atoms with E-state index in [9.17, 15) is 4.79 Å². The molecule has 0 aromatic heterocycles. The maximum Gasteiger partial charge on any atom is 0.277 e. The third-order valence-corrected chi connectivity index (χ3v) is 6.04. The summed E-state index contributed by atoms with van der Waals surface area (Å²) in [4.78, 5) is 11.9. The zero-order chi connectivity index (χ0) is 18.7. The van der Waals surface area contributed by atoms with Crippen LogP contribution in [0, 0.1) is 0 Å². The van der Waals surface area contributed by atoms with E-state index in [1.54, 1.807) is 24.3 Å². The number of halogens is 4. The van der Waals surface area contributed by atoms with Gasteiger partial charge in [-0.2, -0.15) is 5.10 Å². The number of benzene rings is 2. The number of hydrogen-bond donors (Lipinski definition) is 1. The van der Waals surface area contributed by atoms with E-state index in [-0.39, 0.29) is 13.4 Å². The monoisotopic (exact) mass is 566 g/mol. The van der Waals surface area contributed by atoms with Crippen LogP contribution in [0.4, 0.5) is 0 Å². The van der Waals surface area contributed by atoms with Crippen molar-refractivity contribution < 1.29 is 19.0 Å². The molecule has 0 bridgehead atoms. The van der Waals surface area contributed by atoms with Crippen LogP contribution in [0.25, 0.3) is 0 Å². The fraction of sp³-hybridized carbons (Fsp3) is 0.125. The molecule has 3 rings (SSSR count). The summed E-state index contributed by atoms with van der Waals surface area (Å²) >= 11 is 16.1. The third-order valence-electron chi connectivity index (χ3n) is 3.22. The summed E-state index contributed by atoms with van der Waals surface area (Å²) in [5.74, 6) is 1.34. The predicted molar refractivity (Wildman–Crippen MR) is 108 cm³/mol. The molecule has 136 valence electrons. The Labute approximate surface area is 179 Å². The molecule has 6 nitrogen and oxygen atoms in total. The maximum absolute atomic E-state index is 11.9. The molecule has 1 aliphatic rings. The molecule has 0 aliphatic carbocycles. The first-order chi connectivity index (χ1) is 12.5. The highest BCUT2D eigenvalue weighted by atomic mass is 79.9. The topological polar surface area (TPSA) is 69.2 Å². The van der Waals surface area contributed by atoms with Crippen LogP contribution in [-0.4, -0.2) is 25.5 Å². The summed E-state index contributed by atoms with van der Waals surface area (Å²) in [6, 6.07) is 7.09. The number of hydrazone groups is 1. The number of nitrogens with zero attached hydrogens (tertiary/aromatic N) is 1. The second-order valence-electron chi connectivity index (χ2n) is 4.99. The molecule has 1 aliphatic heterocycles. The molecule has 1 N–H and O–H groups in total. The van der Waals surface area contributed by atoms with Gasteiger partial charge in [-0.25, -0.2) is 5.43 Å². The predicted octanol–water partition coefficient (Wildman–Crippen LogP) is 4.89. The fourth-order valence-corrected chi connectivity index (χ4v) is 4.51. The Balaban J connectivity index is 1.56. The second-order valence-corrected chi connectivity index (χ2v) is 7.87. The van der Waals surface area contributed by atoms with Crippen LogP contribution in [-0.2, 0) is 4.79 Å². The molecular formula is C16H10Br3ClN2O4. The Kier molecular flexibility index (Phi) is 6.44. The van der Waals surface area contributed by atoms with E-state index in [0.29, 0.717) is 35.7 Å². The Morgan fingerprint density at radius 1 is 1.23 bits per heavy atom. The van der Waals surface area contributed by atoms with Gasteiger partial charge in [0.1, 0.15) is 5.75 Å². The number of amides is 1. The largest absolute Gasteiger partial charge is 0.481 e. The Bertz CT molecular complexity index is 892. The van der Waals surface area contributed by atoms with Crippen molar-refractivity contribution in [2.75, 3.05) is 13.4 Å². The molecule has 0 atom stereocenters. The SMILES string of the molecule is O=C(COc1c(Br)cc(Br)c(Cl)c1Br)N/N=C/c1ccc2c(c1)OCO2. The maximum atomic E-state index is 11.9. The van der Waals surface area contributed by atoms with E-state index < -0.39 is 5.91 Å². The smallest absolute Gasteiger partial charge is 0.277 e. The summed E-state index contributed by atoms with van der Waals surface area (Å²) < 4.78 is 17.9. The van der Waals surface area contributed by atoms with E-state index in [4.69, 9.17) is 25.8 Å². The van der Waals surface area contributed by atoms with Crippen molar-refractivity contribution in [3.05, 3.63) is 48.3 Å². The van der Waals surface area contributed by atoms with E-state index in [0.717, 1.165) is 5.56 Å². The lowest BCUT2D eigenvalue weighted by Gasteiger charge is -2.11. The van der Waals surface area contributed by atoms with Crippen molar-refractivity contribution in [2.24, 2.45) is 5.10 Å². The molecule has 1 amide bonds. The molecule has 0 spiro atoms. The fourth-order valence-electron chi connectivity index (χ4n) is 2.02. The number of nitrogens with one attached hydrogen (secondary N) is 1. The first-order valence-electron chi connectivity index (χ1n) is 7.13. The average Bonchev–Trinajstić information content (AvgIpc) is 3.07. The quantitative estimate of drug-likeness (QED) is 0.241. The Morgan fingerprint density at radius 3 is 2.81 bits per heavy atom. The molecule has 0 unspecified atom stereocenters. The highest BCUT2D eigenvalue weighted by Crippen LogP contribution is 2.42. The number of ether oxygens (including phenoxy) is 3. The van der Waals surface area contributed by atoms with Gasteiger partial charge in [-0.15, -0.1) is 0 Å². The molecule has 10 heteroatoms. The minimum absolute atomic E-state index is 0.204. The Hall–Kier alpha value is -1.29. The first kappa shape index (κ1) is 19.5. The molecular weight excluding hydrogens is 559 g/mol. The summed E-state index contributed by atoms with van der Waals surface area (Å²) in [5.41, 5.74) is 3.16. The van der Waals surface area contributed by atoms with Gasteiger partial charge in [0.15, 0.2) is 18.1 Å². The normalized spacial score (nSPS) is 12.5. The summed E-state index contributed by atoms with van der Waals surface area (Å²) in [5, 5.41) is 4.35. The van der Waals surface area contributed by atoms with Crippen molar-refractivity contribution in [1.82, 2.24) is 5.43 Å². The summed E-state index contributed by atoms with van der Waals surface area (Å²) in [6.45, 7) is -0.0250. The van der Waals surface area contributed by atoms with Crippen molar-refractivity contribution in [1.29, 1.82) is 0 Å². The molecule has 2 aromatic rings. The molecule has 1 heterocycles. The van der Waals surface area contributed by atoms with Crippen LogP contribution in [0.15, 0.2) is 42.8 Å². The van der Waals surface area contributed by atoms with Crippen LogP contribution in [0.1, 0.15) is 5.56 Å². The van der Waals surface area contributed by atoms with Gasteiger partial charge in [-0.3, -0.25) is 4.79 Å². The van der Waals surface area contributed by atoms with Gasteiger partial charge in [0.05, 0.1) is 20.2 Å². The number of rotatable bonds is 5. The standard InChI is InChI=1S/C16H10Br3ClN2O4/c17-9-4-10(18)16(14(19)15(9)20)24-6-13(23)22-21-5-8-1-2-11-12(3-8)26-7-25-11/h1-5H,6-7H2,(H,22,23)/b21-5+. The van der Waals surface area contributed by atoms with Gasteiger partial charge < -0.3 is 14.2 Å². The van der Waals surface area contributed by atoms with Gasteiger partial charge in [0.2, 0.25) is 6.79 Å². The lowest BCUT2D eigenvalue weighted by atomic mass is 10.2. The van der Waals surface area contributed by atoms with Crippen molar-refractivity contribution in [2.45, 2.75) is 0 Å². The number of carbonyl (C=O) groups is 1. The van der Waals surface area contributed by atoms with E-state index >= 15 is 0 Å². The molecule has 0 fully saturated rings. The minimum Gasteiger partial charge on any atom is -0.481 e. The van der Waals surface area contributed by atoms with E-state index in [1.807, 2.05) is 0 Å². The van der Waals surface area contributed by atoms with Gasteiger partial charge >= 0.3 is 0 Å². The highest BCUT2D eigenvalue weighted by molar-refractivity contribution is 9.11. The molecule has 26 heavy (non-hydrogen) atoms. The second kappa shape index (κ2) is 8.60. The summed E-state index contributed by atoms with van der Waals surface area (Å²) in [6.07, 6.45) is 1.50. The van der Waals surface area contributed by atoms with E-state index in [1.165, 1.54) is 6.21 Å². The molecule has 2 aromatic carbocycles. The van der Waals surface area contributed by atoms with Gasteiger partial charge in [-0.1, -0.05) is 11.6 Å². The van der Waals surface area contributed by atoms with Crippen LogP contribution >= 0.6 is 59.4 Å². The van der Waals surface area contributed by atoms with Crippen LogP contribution in [0.3, 0.4) is 0 Å². The van der Waals surface area contributed by atoms with Crippen molar-refractivity contribution in [3.63, 3.8) is 0 Å². The zero-order valence-corrected chi connectivity index (χ0v) is 18.4. The number of fused-ring (bicyclic) bond motifs is 1. The van der Waals surface area contributed by atoms with Crippen molar-refractivity contribution in [3.8, 4) is 17.2 Å². The van der Waals surface area contributed by atoms with Crippen molar-refractivity contribution >= 4 is 71.5 Å². The highest BCUT2D eigenvalue weighted by Gasteiger charge is 2.15. The number of hydrogen-bond acceptors (Lipinski definition) is 5. The van der Waals surface area contributed by atoms with Crippen LogP contribution < -0.4 is 19.6 Å². The third kappa shape index (κ3) is 4.51. The zero-order valence-electron chi connectivity index (χ0n) is 12.9.